The topological polar surface area (TPSA) is 19.6 Å². The fourth-order valence-electron chi connectivity index (χ4n) is 7.25. The SMILES string of the molecule is CN(c1cccc(-c2ccc(N(c3ccccc3)c3ccc(-c4cccc5c4oc4ccccc45)cc3)cc2)c1)c1ccccc1-c1ccccc1. The lowest BCUT2D eigenvalue weighted by Gasteiger charge is -2.26. The summed E-state index contributed by atoms with van der Waals surface area (Å²) >= 11 is 0. The van der Waals surface area contributed by atoms with Gasteiger partial charge in [0.2, 0.25) is 0 Å². The maximum atomic E-state index is 6.36. The van der Waals surface area contributed by atoms with Gasteiger partial charge in [-0.05, 0) is 82.9 Å². The van der Waals surface area contributed by atoms with Crippen molar-refractivity contribution in [2.45, 2.75) is 0 Å². The quantitative estimate of drug-likeness (QED) is 0.161. The molecule has 0 aliphatic carbocycles. The average Bonchev–Trinajstić information content (AvgIpc) is 3.61. The molecule has 0 aliphatic rings. The molecule has 0 radical (unpaired) electrons. The average molecular weight is 669 g/mol. The molecule has 52 heavy (non-hydrogen) atoms. The van der Waals surface area contributed by atoms with Crippen molar-refractivity contribution < 1.29 is 4.42 Å². The molecule has 1 heterocycles. The Morgan fingerprint density at radius 2 is 0.885 bits per heavy atom. The van der Waals surface area contributed by atoms with Gasteiger partial charge in [0, 0.05) is 57.4 Å². The lowest BCUT2D eigenvalue weighted by atomic mass is 10.0. The number of hydrogen-bond acceptors (Lipinski definition) is 3. The van der Waals surface area contributed by atoms with Crippen LogP contribution in [0.15, 0.2) is 205 Å². The van der Waals surface area contributed by atoms with E-state index in [0.29, 0.717) is 0 Å². The fourth-order valence-corrected chi connectivity index (χ4v) is 7.25. The first-order valence-electron chi connectivity index (χ1n) is 17.7. The minimum atomic E-state index is 0.910. The van der Waals surface area contributed by atoms with E-state index in [9.17, 15) is 0 Å². The molecule has 9 rings (SSSR count). The largest absolute Gasteiger partial charge is 0.455 e. The van der Waals surface area contributed by atoms with E-state index < -0.39 is 0 Å². The highest BCUT2D eigenvalue weighted by molar-refractivity contribution is 6.09. The van der Waals surface area contributed by atoms with Crippen LogP contribution in [-0.2, 0) is 0 Å². The number of benzene rings is 8. The molecule has 0 spiro atoms. The van der Waals surface area contributed by atoms with Gasteiger partial charge >= 0.3 is 0 Å². The molecular weight excluding hydrogens is 633 g/mol. The maximum Gasteiger partial charge on any atom is 0.143 e. The van der Waals surface area contributed by atoms with Gasteiger partial charge in [-0.25, -0.2) is 0 Å². The third kappa shape index (κ3) is 5.78. The summed E-state index contributed by atoms with van der Waals surface area (Å²) in [6.45, 7) is 0. The predicted molar refractivity (Wildman–Crippen MR) is 219 cm³/mol. The zero-order valence-electron chi connectivity index (χ0n) is 28.9. The van der Waals surface area contributed by atoms with Gasteiger partial charge in [-0.1, -0.05) is 140 Å². The van der Waals surface area contributed by atoms with Crippen molar-refractivity contribution >= 4 is 50.4 Å². The Bertz CT molecular complexity index is 2630. The molecule has 0 N–H and O–H groups in total. The Labute approximate surface area is 304 Å². The Kier molecular flexibility index (Phi) is 8.07. The van der Waals surface area contributed by atoms with Crippen molar-refractivity contribution in [3.05, 3.63) is 200 Å². The molecule has 0 saturated heterocycles. The van der Waals surface area contributed by atoms with Gasteiger partial charge in [0.1, 0.15) is 11.2 Å². The van der Waals surface area contributed by atoms with Crippen molar-refractivity contribution in [1.29, 1.82) is 0 Å². The lowest BCUT2D eigenvalue weighted by molar-refractivity contribution is 0.670. The second-order valence-electron chi connectivity index (χ2n) is 13.0. The summed E-state index contributed by atoms with van der Waals surface area (Å²) in [4.78, 5) is 4.58. The summed E-state index contributed by atoms with van der Waals surface area (Å²) in [7, 11) is 2.14. The van der Waals surface area contributed by atoms with E-state index in [0.717, 1.165) is 61.4 Å². The second-order valence-corrected chi connectivity index (χ2v) is 13.0. The first-order chi connectivity index (χ1) is 25.7. The molecule has 0 fully saturated rings. The molecular formula is C49H36N2O. The summed E-state index contributed by atoms with van der Waals surface area (Å²) < 4.78 is 6.36. The number of anilines is 5. The van der Waals surface area contributed by atoms with E-state index in [-0.39, 0.29) is 0 Å². The molecule has 0 bridgehead atoms. The number of hydrogen-bond donors (Lipinski definition) is 0. The van der Waals surface area contributed by atoms with Crippen LogP contribution in [0, 0.1) is 0 Å². The van der Waals surface area contributed by atoms with Crippen LogP contribution in [0.4, 0.5) is 28.4 Å². The van der Waals surface area contributed by atoms with Crippen LogP contribution in [0.1, 0.15) is 0 Å². The smallest absolute Gasteiger partial charge is 0.143 e. The number of nitrogens with zero attached hydrogens (tertiary/aromatic N) is 2. The highest BCUT2D eigenvalue weighted by atomic mass is 16.3. The standard InChI is InChI=1S/C49H36N2O/c1-50(47-24-10-8-20-43(47)36-14-4-2-5-15-36)42-19-12-16-38(34-42)35-26-30-40(31-27-35)51(39-17-6-3-7-18-39)41-32-28-37(29-33-41)44-22-13-23-46-45-21-9-11-25-48(45)52-49(44)46/h2-34H,1H3. The Morgan fingerprint density at radius 1 is 0.365 bits per heavy atom. The Hall–Kier alpha value is -6.84. The third-order valence-electron chi connectivity index (χ3n) is 9.90. The number of fused-ring (bicyclic) bond motifs is 3. The normalized spacial score (nSPS) is 11.2. The van der Waals surface area contributed by atoms with Crippen molar-refractivity contribution in [2.24, 2.45) is 0 Å². The molecule has 8 aromatic carbocycles. The Balaban J connectivity index is 1.03. The van der Waals surface area contributed by atoms with E-state index in [1.165, 1.54) is 22.4 Å². The monoisotopic (exact) mass is 668 g/mol. The molecule has 0 aliphatic heterocycles. The maximum absolute atomic E-state index is 6.36. The first kappa shape index (κ1) is 31.2. The van der Waals surface area contributed by atoms with Gasteiger partial charge in [-0.2, -0.15) is 0 Å². The highest BCUT2D eigenvalue weighted by Gasteiger charge is 2.16. The molecule has 0 unspecified atom stereocenters. The van der Waals surface area contributed by atoms with E-state index in [2.05, 4.69) is 205 Å². The molecule has 3 nitrogen and oxygen atoms in total. The van der Waals surface area contributed by atoms with Crippen LogP contribution in [0.25, 0.3) is 55.3 Å². The summed E-state index contributed by atoms with van der Waals surface area (Å²) in [5.74, 6) is 0. The molecule has 0 atom stereocenters. The Morgan fingerprint density at radius 3 is 1.65 bits per heavy atom. The van der Waals surface area contributed by atoms with Gasteiger partial charge in [0.15, 0.2) is 0 Å². The number of rotatable bonds is 8. The van der Waals surface area contributed by atoms with Gasteiger partial charge in [-0.15, -0.1) is 0 Å². The first-order valence-corrected chi connectivity index (χ1v) is 17.7. The number of para-hydroxylation sites is 4. The minimum absolute atomic E-state index is 0.910. The summed E-state index contributed by atoms with van der Waals surface area (Å²) in [5.41, 5.74) is 14.4. The fraction of sp³-hybridized carbons (Fsp3) is 0.0204. The van der Waals surface area contributed by atoms with Gasteiger partial charge in [-0.3, -0.25) is 0 Å². The minimum Gasteiger partial charge on any atom is -0.455 e. The predicted octanol–water partition coefficient (Wildman–Crippen LogP) is 13.8. The van der Waals surface area contributed by atoms with Gasteiger partial charge < -0.3 is 14.2 Å². The highest BCUT2D eigenvalue weighted by Crippen LogP contribution is 2.40. The summed E-state index contributed by atoms with van der Waals surface area (Å²) in [6, 6.07) is 70.8. The zero-order chi connectivity index (χ0) is 34.9. The molecule has 3 heteroatoms. The molecule has 0 saturated carbocycles. The van der Waals surface area contributed by atoms with Gasteiger partial charge in [0.05, 0.1) is 0 Å². The third-order valence-corrected chi connectivity index (χ3v) is 9.90. The van der Waals surface area contributed by atoms with Crippen molar-refractivity contribution in [3.63, 3.8) is 0 Å². The molecule has 0 amide bonds. The van der Waals surface area contributed by atoms with E-state index in [1.54, 1.807) is 0 Å². The van der Waals surface area contributed by atoms with Crippen molar-refractivity contribution in [2.75, 3.05) is 16.8 Å². The van der Waals surface area contributed by atoms with Crippen molar-refractivity contribution in [3.8, 4) is 33.4 Å². The van der Waals surface area contributed by atoms with Crippen LogP contribution < -0.4 is 9.80 Å². The van der Waals surface area contributed by atoms with Gasteiger partial charge in [0.25, 0.3) is 0 Å². The van der Waals surface area contributed by atoms with E-state index >= 15 is 0 Å². The second kappa shape index (κ2) is 13.5. The van der Waals surface area contributed by atoms with Crippen LogP contribution in [0.2, 0.25) is 0 Å². The van der Waals surface area contributed by atoms with Crippen molar-refractivity contribution in [1.82, 2.24) is 0 Å². The summed E-state index contributed by atoms with van der Waals surface area (Å²) in [5, 5.41) is 2.28. The van der Waals surface area contributed by atoms with E-state index in [1.807, 2.05) is 12.1 Å². The molecule has 9 aromatic rings. The molecule has 1 aromatic heterocycles. The summed E-state index contributed by atoms with van der Waals surface area (Å²) in [6.07, 6.45) is 0. The number of furan rings is 1. The van der Waals surface area contributed by atoms with E-state index in [4.69, 9.17) is 4.42 Å². The van der Waals surface area contributed by atoms with Crippen LogP contribution in [0.5, 0.6) is 0 Å². The van der Waals surface area contributed by atoms with Crippen LogP contribution >= 0.6 is 0 Å². The zero-order valence-corrected chi connectivity index (χ0v) is 28.9. The van der Waals surface area contributed by atoms with Crippen LogP contribution in [0.3, 0.4) is 0 Å². The van der Waals surface area contributed by atoms with Crippen LogP contribution in [-0.4, -0.2) is 7.05 Å². The lowest BCUT2D eigenvalue weighted by Crippen LogP contribution is -2.10. The molecule has 248 valence electrons.